The summed E-state index contributed by atoms with van der Waals surface area (Å²) in [5.41, 5.74) is -0.567. The molecule has 0 spiro atoms. The molecule has 0 amide bonds. The van der Waals surface area contributed by atoms with E-state index in [0.717, 1.165) is 6.08 Å². The van der Waals surface area contributed by atoms with Crippen molar-refractivity contribution < 1.29 is 13.2 Å². The average Bonchev–Trinajstić information content (AvgIpc) is 1.65. The predicted octanol–water partition coefficient (Wildman–Crippen LogP) is 2.72. The lowest BCUT2D eigenvalue weighted by Gasteiger charge is -2.06. The molecule has 3 heteroatoms. The molecule has 0 aromatic carbocycles. The molecular formula is C6H8F3. The highest BCUT2D eigenvalue weighted by molar-refractivity contribution is 5.09. The van der Waals surface area contributed by atoms with Crippen LogP contribution in [-0.2, 0) is 0 Å². The van der Waals surface area contributed by atoms with E-state index in [9.17, 15) is 13.2 Å². The van der Waals surface area contributed by atoms with Gasteiger partial charge in [0, 0.05) is 5.57 Å². The fourth-order valence-electron chi connectivity index (χ4n) is 0.461. The van der Waals surface area contributed by atoms with Gasteiger partial charge >= 0.3 is 6.18 Å². The van der Waals surface area contributed by atoms with Crippen molar-refractivity contribution in [2.75, 3.05) is 0 Å². The maximum absolute atomic E-state index is 11.6. The molecule has 0 aliphatic rings. The van der Waals surface area contributed by atoms with Crippen LogP contribution in [0.3, 0.4) is 0 Å². The van der Waals surface area contributed by atoms with E-state index >= 15 is 0 Å². The first kappa shape index (κ1) is 8.53. The normalized spacial score (nSPS) is 14.1. The number of rotatable bonds is 1. The zero-order chi connectivity index (χ0) is 7.49. The summed E-state index contributed by atoms with van der Waals surface area (Å²) < 4.78 is 34.8. The second-order valence-electron chi connectivity index (χ2n) is 1.58. The molecular weight excluding hydrogens is 129 g/mol. The first-order valence-corrected chi connectivity index (χ1v) is 2.57. The van der Waals surface area contributed by atoms with E-state index in [1.165, 1.54) is 6.92 Å². The molecule has 0 nitrogen and oxygen atoms in total. The molecule has 0 heterocycles. The third-order valence-corrected chi connectivity index (χ3v) is 0.991. The van der Waals surface area contributed by atoms with Gasteiger partial charge in [-0.25, -0.2) is 0 Å². The molecule has 0 N–H and O–H groups in total. The monoisotopic (exact) mass is 137 g/mol. The third kappa shape index (κ3) is 2.54. The molecule has 0 aliphatic carbocycles. The quantitative estimate of drug-likeness (QED) is 0.521. The topological polar surface area (TPSA) is 0 Å². The van der Waals surface area contributed by atoms with E-state index in [-0.39, 0.29) is 6.42 Å². The molecule has 0 bridgehead atoms. The van der Waals surface area contributed by atoms with Crippen molar-refractivity contribution in [3.05, 3.63) is 18.6 Å². The number of hydrogen-bond donors (Lipinski definition) is 0. The van der Waals surface area contributed by atoms with Crippen molar-refractivity contribution in [2.24, 2.45) is 0 Å². The average molecular weight is 137 g/mol. The summed E-state index contributed by atoms with van der Waals surface area (Å²) in [4.78, 5) is 0. The van der Waals surface area contributed by atoms with Gasteiger partial charge in [0.1, 0.15) is 0 Å². The van der Waals surface area contributed by atoms with Gasteiger partial charge in [-0.1, -0.05) is 13.0 Å². The Morgan fingerprint density at radius 1 is 1.56 bits per heavy atom. The minimum Gasteiger partial charge on any atom is -0.166 e. The van der Waals surface area contributed by atoms with Crippen molar-refractivity contribution in [3.8, 4) is 0 Å². The summed E-state index contributed by atoms with van der Waals surface area (Å²) in [6.45, 7) is 4.49. The van der Waals surface area contributed by atoms with Crippen molar-refractivity contribution in [2.45, 2.75) is 19.5 Å². The zero-order valence-electron chi connectivity index (χ0n) is 5.13. The van der Waals surface area contributed by atoms with E-state index in [4.69, 9.17) is 0 Å². The van der Waals surface area contributed by atoms with Gasteiger partial charge in [0.2, 0.25) is 0 Å². The molecule has 0 saturated heterocycles. The van der Waals surface area contributed by atoms with Gasteiger partial charge in [0.05, 0.1) is 0 Å². The van der Waals surface area contributed by atoms with Gasteiger partial charge in [-0.3, -0.25) is 0 Å². The summed E-state index contributed by atoms with van der Waals surface area (Å²) in [6.07, 6.45) is -3.34. The van der Waals surface area contributed by atoms with Crippen molar-refractivity contribution in [3.63, 3.8) is 0 Å². The van der Waals surface area contributed by atoms with Crippen LogP contribution in [0.1, 0.15) is 13.3 Å². The van der Waals surface area contributed by atoms with Crippen LogP contribution in [0, 0.1) is 6.92 Å². The Labute approximate surface area is 52.4 Å². The summed E-state index contributed by atoms with van der Waals surface area (Å²) in [6, 6.07) is 0. The lowest BCUT2D eigenvalue weighted by atomic mass is 10.2. The van der Waals surface area contributed by atoms with Crippen LogP contribution in [0.2, 0.25) is 0 Å². The number of halogens is 3. The zero-order valence-corrected chi connectivity index (χ0v) is 5.13. The maximum Gasteiger partial charge on any atom is 0.412 e. The summed E-state index contributed by atoms with van der Waals surface area (Å²) in [5, 5.41) is 0. The molecule has 0 aromatic rings. The Balaban J connectivity index is 4.14. The van der Waals surface area contributed by atoms with Crippen LogP contribution in [0.25, 0.3) is 0 Å². The van der Waals surface area contributed by atoms with E-state index in [1.54, 1.807) is 0 Å². The first-order valence-electron chi connectivity index (χ1n) is 2.57. The molecule has 1 radical (unpaired) electrons. The molecule has 0 atom stereocenters. The Hall–Kier alpha value is -0.470. The smallest absolute Gasteiger partial charge is 0.166 e. The van der Waals surface area contributed by atoms with Crippen molar-refractivity contribution in [1.82, 2.24) is 0 Å². The van der Waals surface area contributed by atoms with Crippen LogP contribution in [-0.4, -0.2) is 6.18 Å². The predicted molar refractivity (Wildman–Crippen MR) is 29.8 cm³/mol. The minimum absolute atomic E-state index is 0.00694. The third-order valence-electron chi connectivity index (χ3n) is 0.991. The minimum atomic E-state index is -4.18. The Kier molecular flexibility index (Phi) is 2.74. The van der Waals surface area contributed by atoms with Gasteiger partial charge in [0.15, 0.2) is 0 Å². The van der Waals surface area contributed by atoms with Crippen molar-refractivity contribution in [1.29, 1.82) is 0 Å². The first-order chi connectivity index (χ1) is 4.02. The summed E-state index contributed by atoms with van der Waals surface area (Å²) >= 11 is 0. The largest absolute Gasteiger partial charge is 0.412 e. The van der Waals surface area contributed by atoms with Crippen LogP contribution in [0.4, 0.5) is 13.2 Å². The lowest BCUT2D eigenvalue weighted by Crippen LogP contribution is -2.10. The molecule has 0 fully saturated rings. The van der Waals surface area contributed by atoms with Gasteiger partial charge in [-0.2, -0.15) is 13.2 Å². The van der Waals surface area contributed by atoms with Crippen LogP contribution < -0.4 is 0 Å². The molecule has 0 aliphatic heterocycles. The second-order valence-corrected chi connectivity index (χ2v) is 1.58. The second kappa shape index (κ2) is 2.90. The lowest BCUT2D eigenvalue weighted by molar-refractivity contribution is -0.0935. The van der Waals surface area contributed by atoms with E-state index in [2.05, 4.69) is 6.92 Å². The number of allylic oxidation sites excluding steroid dienone is 2. The highest BCUT2D eigenvalue weighted by Gasteiger charge is 2.30. The number of alkyl halides is 3. The van der Waals surface area contributed by atoms with Gasteiger partial charge in [-0.05, 0) is 13.3 Å². The van der Waals surface area contributed by atoms with Gasteiger partial charge in [-0.15, -0.1) is 0 Å². The Morgan fingerprint density at radius 3 is 2.00 bits per heavy atom. The van der Waals surface area contributed by atoms with Gasteiger partial charge < -0.3 is 0 Å². The van der Waals surface area contributed by atoms with Crippen LogP contribution in [0.15, 0.2) is 11.6 Å². The van der Waals surface area contributed by atoms with Gasteiger partial charge in [0.25, 0.3) is 0 Å². The van der Waals surface area contributed by atoms with Crippen molar-refractivity contribution >= 4 is 0 Å². The Morgan fingerprint density at radius 2 is 2.00 bits per heavy atom. The molecule has 0 unspecified atom stereocenters. The summed E-state index contributed by atoms with van der Waals surface area (Å²) in [7, 11) is 0. The molecule has 0 rings (SSSR count). The maximum atomic E-state index is 11.6. The molecule has 0 saturated carbocycles. The fraction of sp³-hybridized carbons (Fsp3) is 0.500. The van der Waals surface area contributed by atoms with E-state index < -0.39 is 11.7 Å². The molecule has 53 valence electrons. The number of hydrogen-bond acceptors (Lipinski definition) is 0. The van der Waals surface area contributed by atoms with E-state index in [0.29, 0.717) is 0 Å². The fourth-order valence-corrected chi connectivity index (χ4v) is 0.461. The standard InChI is InChI=1S/C6H8F3/c1-3-5(4-2)6(7,8)9/h3H,1,4H2,2H3. The molecule has 9 heavy (non-hydrogen) atoms. The highest BCUT2D eigenvalue weighted by Crippen LogP contribution is 2.27. The molecule has 0 aromatic heterocycles. The van der Waals surface area contributed by atoms with Crippen LogP contribution >= 0.6 is 0 Å². The van der Waals surface area contributed by atoms with E-state index in [1.807, 2.05) is 0 Å². The Bertz CT molecular complexity index is 110. The summed E-state index contributed by atoms with van der Waals surface area (Å²) in [5.74, 6) is 0. The van der Waals surface area contributed by atoms with Crippen LogP contribution in [0.5, 0.6) is 0 Å². The highest BCUT2D eigenvalue weighted by atomic mass is 19.4. The SMILES string of the molecule is [CH2]C=C(CC)C(F)(F)F.